The normalized spacial score (nSPS) is 11.3. The first-order valence-corrected chi connectivity index (χ1v) is 6.93. The van der Waals surface area contributed by atoms with Gasteiger partial charge in [-0.1, -0.05) is 6.08 Å². The lowest BCUT2D eigenvalue weighted by Crippen LogP contribution is -2.35. The van der Waals surface area contributed by atoms with E-state index in [0.29, 0.717) is 4.31 Å². The topological polar surface area (TPSA) is 83.9 Å². The lowest BCUT2D eigenvalue weighted by atomic mass is 10.3. The van der Waals surface area contributed by atoms with Crippen LogP contribution in [-0.2, 0) is 14.8 Å². The Morgan fingerprint density at radius 1 is 1.55 bits per heavy atom. The molecule has 0 amide bonds. The van der Waals surface area contributed by atoms with Crippen molar-refractivity contribution in [3.05, 3.63) is 36.7 Å². The summed E-state index contributed by atoms with van der Waals surface area (Å²) < 4.78 is 43.4. The largest absolute Gasteiger partial charge is 0.494 e. The summed E-state index contributed by atoms with van der Waals surface area (Å²) in [7, 11) is -2.87. The first-order chi connectivity index (χ1) is 9.32. The van der Waals surface area contributed by atoms with Gasteiger partial charge < -0.3 is 9.84 Å². The number of ether oxygens (including phenoxy) is 1. The monoisotopic (exact) mass is 303 g/mol. The molecular weight excluding hydrogens is 289 g/mol. The second-order valence-electron chi connectivity index (χ2n) is 3.78. The molecule has 0 spiro atoms. The van der Waals surface area contributed by atoms with Gasteiger partial charge in [-0.2, -0.15) is 4.31 Å². The quantitative estimate of drug-likeness (QED) is 0.762. The predicted octanol–water partition coefficient (Wildman–Crippen LogP) is 1.10. The number of nitrogens with zero attached hydrogens (tertiary/aromatic N) is 1. The van der Waals surface area contributed by atoms with E-state index < -0.39 is 28.4 Å². The average Bonchev–Trinajstić information content (AvgIpc) is 2.37. The van der Waals surface area contributed by atoms with Crippen molar-refractivity contribution in [1.82, 2.24) is 4.31 Å². The number of aliphatic carboxylic acids is 1. The van der Waals surface area contributed by atoms with Gasteiger partial charge in [0.25, 0.3) is 0 Å². The Kier molecular flexibility index (Phi) is 5.23. The number of hydrogen-bond acceptors (Lipinski definition) is 4. The van der Waals surface area contributed by atoms with Gasteiger partial charge in [-0.3, -0.25) is 4.79 Å². The van der Waals surface area contributed by atoms with Crippen LogP contribution >= 0.6 is 0 Å². The molecule has 1 rings (SSSR count). The molecule has 1 aromatic rings. The minimum absolute atomic E-state index is 0.0996. The number of sulfonamides is 1. The Hall–Kier alpha value is -1.93. The van der Waals surface area contributed by atoms with Crippen LogP contribution in [0.25, 0.3) is 0 Å². The van der Waals surface area contributed by atoms with Gasteiger partial charge in [0, 0.05) is 6.54 Å². The van der Waals surface area contributed by atoms with Gasteiger partial charge in [0.1, 0.15) is 6.54 Å². The minimum atomic E-state index is -4.12. The van der Waals surface area contributed by atoms with E-state index in [4.69, 9.17) is 9.84 Å². The summed E-state index contributed by atoms with van der Waals surface area (Å²) >= 11 is 0. The van der Waals surface area contributed by atoms with Gasteiger partial charge in [-0.15, -0.1) is 6.58 Å². The summed E-state index contributed by atoms with van der Waals surface area (Å²) in [6.07, 6.45) is 1.25. The number of methoxy groups -OCH3 is 1. The van der Waals surface area contributed by atoms with Crippen molar-refractivity contribution in [3.8, 4) is 5.75 Å². The van der Waals surface area contributed by atoms with Gasteiger partial charge in [-0.25, -0.2) is 12.8 Å². The summed E-state index contributed by atoms with van der Waals surface area (Å²) in [5.74, 6) is -2.26. The number of hydrogen-bond donors (Lipinski definition) is 1. The molecule has 8 heteroatoms. The van der Waals surface area contributed by atoms with E-state index >= 15 is 0 Å². The van der Waals surface area contributed by atoms with E-state index in [2.05, 4.69) is 6.58 Å². The standard InChI is InChI=1S/C12H14FNO5S/c1-3-6-14(8-12(15)16)20(17,18)9-4-5-11(19-2)10(13)7-9/h3-5,7H,1,6,8H2,2H3,(H,15,16). The van der Waals surface area contributed by atoms with E-state index in [-0.39, 0.29) is 17.2 Å². The zero-order valence-corrected chi connectivity index (χ0v) is 11.6. The molecule has 0 aliphatic heterocycles. The molecule has 1 aromatic carbocycles. The number of benzene rings is 1. The summed E-state index contributed by atoms with van der Waals surface area (Å²) in [5, 5.41) is 8.72. The van der Waals surface area contributed by atoms with Crippen LogP contribution in [0.4, 0.5) is 4.39 Å². The van der Waals surface area contributed by atoms with Gasteiger partial charge in [0.15, 0.2) is 11.6 Å². The predicted molar refractivity (Wildman–Crippen MR) is 69.5 cm³/mol. The zero-order chi connectivity index (χ0) is 15.3. The zero-order valence-electron chi connectivity index (χ0n) is 10.7. The van der Waals surface area contributed by atoms with Crippen molar-refractivity contribution < 1.29 is 27.4 Å². The summed E-state index contributed by atoms with van der Waals surface area (Å²) in [6, 6.07) is 3.09. The molecule has 0 atom stereocenters. The lowest BCUT2D eigenvalue weighted by molar-refractivity contribution is -0.137. The molecule has 0 radical (unpaired) electrons. The lowest BCUT2D eigenvalue weighted by Gasteiger charge is -2.18. The highest BCUT2D eigenvalue weighted by Gasteiger charge is 2.26. The summed E-state index contributed by atoms with van der Waals surface area (Å²) in [6.45, 7) is 2.44. The molecule has 0 bridgehead atoms. The van der Waals surface area contributed by atoms with Gasteiger partial charge in [0.2, 0.25) is 10.0 Å². The molecule has 0 aliphatic rings. The molecule has 1 N–H and O–H groups in total. The molecule has 0 heterocycles. The third-order valence-electron chi connectivity index (χ3n) is 2.41. The molecule has 0 saturated carbocycles. The Bertz CT molecular complexity index is 614. The maximum atomic E-state index is 13.5. The number of carboxylic acid groups (broad SMARTS) is 1. The van der Waals surface area contributed by atoms with Crippen molar-refractivity contribution in [2.75, 3.05) is 20.2 Å². The molecule has 0 fully saturated rings. The van der Waals surface area contributed by atoms with Crippen LogP contribution < -0.4 is 4.74 Å². The number of halogens is 1. The fraction of sp³-hybridized carbons (Fsp3) is 0.250. The number of carbonyl (C=O) groups is 1. The highest BCUT2D eigenvalue weighted by Crippen LogP contribution is 2.23. The third-order valence-corrected chi connectivity index (χ3v) is 4.21. The van der Waals surface area contributed by atoms with E-state index in [1.165, 1.54) is 13.2 Å². The van der Waals surface area contributed by atoms with E-state index in [0.717, 1.165) is 18.2 Å². The fourth-order valence-electron chi connectivity index (χ4n) is 1.50. The van der Waals surface area contributed by atoms with E-state index in [1.54, 1.807) is 0 Å². The Balaban J connectivity index is 3.21. The Labute approximate surface area is 116 Å². The Morgan fingerprint density at radius 3 is 2.65 bits per heavy atom. The maximum Gasteiger partial charge on any atom is 0.318 e. The molecule has 0 unspecified atom stereocenters. The van der Waals surface area contributed by atoms with Crippen LogP contribution in [0.2, 0.25) is 0 Å². The van der Waals surface area contributed by atoms with Crippen molar-refractivity contribution in [3.63, 3.8) is 0 Å². The molecule has 6 nitrogen and oxygen atoms in total. The van der Waals surface area contributed by atoms with Gasteiger partial charge in [-0.05, 0) is 18.2 Å². The average molecular weight is 303 g/mol. The minimum Gasteiger partial charge on any atom is -0.494 e. The van der Waals surface area contributed by atoms with Crippen LogP contribution in [0.5, 0.6) is 5.75 Å². The van der Waals surface area contributed by atoms with Crippen LogP contribution in [0.3, 0.4) is 0 Å². The van der Waals surface area contributed by atoms with E-state index in [9.17, 15) is 17.6 Å². The van der Waals surface area contributed by atoms with Crippen LogP contribution in [0.15, 0.2) is 35.7 Å². The van der Waals surface area contributed by atoms with Crippen LogP contribution in [0.1, 0.15) is 0 Å². The van der Waals surface area contributed by atoms with Gasteiger partial charge in [0.05, 0.1) is 12.0 Å². The van der Waals surface area contributed by atoms with Crippen molar-refractivity contribution in [2.24, 2.45) is 0 Å². The second kappa shape index (κ2) is 6.49. The molecule has 0 aliphatic carbocycles. The molecule has 0 saturated heterocycles. The smallest absolute Gasteiger partial charge is 0.318 e. The first-order valence-electron chi connectivity index (χ1n) is 5.49. The highest BCUT2D eigenvalue weighted by atomic mass is 32.2. The molecule has 0 aromatic heterocycles. The van der Waals surface area contributed by atoms with Crippen LogP contribution in [-0.4, -0.2) is 44.0 Å². The third kappa shape index (κ3) is 3.55. The SMILES string of the molecule is C=CCN(CC(=O)O)S(=O)(=O)c1ccc(OC)c(F)c1. The van der Waals surface area contributed by atoms with E-state index in [1.807, 2.05) is 0 Å². The number of carboxylic acids is 1. The maximum absolute atomic E-state index is 13.5. The van der Waals surface area contributed by atoms with Crippen molar-refractivity contribution in [1.29, 1.82) is 0 Å². The molecular formula is C12H14FNO5S. The highest BCUT2D eigenvalue weighted by molar-refractivity contribution is 7.89. The fourth-order valence-corrected chi connectivity index (χ4v) is 2.87. The first kappa shape index (κ1) is 16.1. The second-order valence-corrected chi connectivity index (χ2v) is 5.71. The van der Waals surface area contributed by atoms with Gasteiger partial charge >= 0.3 is 5.97 Å². The molecule has 20 heavy (non-hydrogen) atoms. The van der Waals surface area contributed by atoms with Crippen molar-refractivity contribution >= 4 is 16.0 Å². The van der Waals surface area contributed by atoms with Crippen molar-refractivity contribution in [2.45, 2.75) is 4.90 Å². The number of rotatable bonds is 7. The summed E-state index contributed by atoms with van der Waals surface area (Å²) in [4.78, 5) is 10.3. The summed E-state index contributed by atoms with van der Waals surface area (Å²) in [5.41, 5.74) is 0. The Morgan fingerprint density at radius 2 is 2.20 bits per heavy atom. The molecule has 110 valence electrons. The van der Waals surface area contributed by atoms with Crippen LogP contribution in [0, 0.1) is 5.82 Å².